The number of benzene rings is 1. The van der Waals surface area contributed by atoms with Crippen molar-refractivity contribution in [3.8, 4) is 5.88 Å². The second kappa shape index (κ2) is 5.96. The Morgan fingerprint density at radius 2 is 2.25 bits per heavy atom. The summed E-state index contributed by atoms with van der Waals surface area (Å²) in [6, 6.07) is 5.12. The summed E-state index contributed by atoms with van der Waals surface area (Å²) in [5.41, 5.74) is -0.0410. The lowest BCUT2D eigenvalue weighted by Gasteiger charge is -2.08. The van der Waals surface area contributed by atoms with E-state index in [1.165, 1.54) is 18.3 Å². The smallest absolute Gasteiger partial charge is 0.335 e. The molecule has 0 amide bonds. The summed E-state index contributed by atoms with van der Waals surface area (Å²) < 4.78 is 18.9. The molecule has 0 saturated carbocycles. The van der Waals surface area contributed by atoms with Gasteiger partial charge in [-0.05, 0) is 25.1 Å². The van der Waals surface area contributed by atoms with Crippen molar-refractivity contribution in [3.05, 3.63) is 41.8 Å². The third kappa shape index (κ3) is 3.19. The Morgan fingerprint density at radius 1 is 1.45 bits per heavy atom. The van der Waals surface area contributed by atoms with Gasteiger partial charge in [0.2, 0.25) is 11.8 Å². The SMILES string of the molecule is CCOc1ccnc(Nc2ccc(C(=O)O)cc2F)n1. The monoisotopic (exact) mass is 277 g/mol. The normalized spacial score (nSPS) is 10.1. The molecule has 0 aliphatic rings. The van der Waals surface area contributed by atoms with Crippen molar-refractivity contribution in [2.45, 2.75) is 6.92 Å². The number of nitrogens with one attached hydrogen (secondary N) is 1. The highest BCUT2D eigenvalue weighted by molar-refractivity contribution is 5.88. The van der Waals surface area contributed by atoms with E-state index < -0.39 is 11.8 Å². The van der Waals surface area contributed by atoms with Gasteiger partial charge >= 0.3 is 5.97 Å². The molecule has 0 fully saturated rings. The minimum absolute atomic E-state index is 0.0867. The van der Waals surface area contributed by atoms with Gasteiger partial charge in [-0.25, -0.2) is 14.2 Å². The molecular weight excluding hydrogens is 265 g/mol. The van der Waals surface area contributed by atoms with Crippen molar-refractivity contribution in [3.63, 3.8) is 0 Å². The summed E-state index contributed by atoms with van der Waals surface area (Å²) in [4.78, 5) is 18.7. The number of anilines is 2. The zero-order valence-electron chi connectivity index (χ0n) is 10.6. The number of carboxylic acid groups (broad SMARTS) is 1. The number of hydrogen-bond donors (Lipinski definition) is 2. The number of ether oxygens (including phenoxy) is 1. The van der Waals surface area contributed by atoms with Gasteiger partial charge in [-0.3, -0.25) is 0 Å². The number of nitrogens with zero attached hydrogens (tertiary/aromatic N) is 2. The molecule has 2 aromatic rings. The van der Waals surface area contributed by atoms with E-state index in [4.69, 9.17) is 9.84 Å². The molecule has 0 bridgehead atoms. The molecule has 0 aliphatic carbocycles. The molecule has 1 heterocycles. The number of rotatable bonds is 5. The maximum atomic E-state index is 13.7. The van der Waals surface area contributed by atoms with Crippen LogP contribution in [0.3, 0.4) is 0 Å². The minimum atomic E-state index is -1.19. The number of aromatic nitrogens is 2. The summed E-state index contributed by atoms with van der Waals surface area (Å²) in [6.45, 7) is 2.28. The summed E-state index contributed by atoms with van der Waals surface area (Å²) in [6.07, 6.45) is 1.48. The highest BCUT2D eigenvalue weighted by Crippen LogP contribution is 2.20. The molecule has 7 heteroatoms. The van der Waals surface area contributed by atoms with Crippen LogP contribution in [0.4, 0.5) is 16.0 Å². The lowest BCUT2D eigenvalue weighted by Crippen LogP contribution is -2.03. The standard InChI is InChI=1S/C13H12FN3O3/c1-2-20-11-5-6-15-13(17-11)16-10-4-3-8(12(18)19)7-9(10)14/h3-7H,2H2,1H3,(H,18,19)(H,15,16,17). The Balaban J connectivity index is 2.21. The molecule has 2 rings (SSSR count). The van der Waals surface area contributed by atoms with E-state index in [-0.39, 0.29) is 17.2 Å². The van der Waals surface area contributed by atoms with E-state index in [1.54, 1.807) is 6.07 Å². The fourth-order valence-electron chi connectivity index (χ4n) is 1.50. The zero-order valence-corrected chi connectivity index (χ0v) is 10.6. The van der Waals surface area contributed by atoms with Gasteiger partial charge < -0.3 is 15.2 Å². The lowest BCUT2D eigenvalue weighted by atomic mass is 10.2. The van der Waals surface area contributed by atoms with Crippen LogP contribution in [0, 0.1) is 5.82 Å². The number of aromatic carboxylic acids is 1. The van der Waals surface area contributed by atoms with Crippen molar-refractivity contribution >= 4 is 17.6 Å². The van der Waals surface area contributed by atoms with Crippen LogP contribution in [-0.4, -0.2) is 27.7 Å². The first-order chi connectivity index (χ1) is 9.60. The molecule has 104 valence electrons. The fourth-order valence-corrected chi connectivity index (χ4v) is 1.50. The third-order valence-corrected chi connectivity index (χ3v) is 2.38. The van der Waals surface area contributed by atoms with Gasteiger partial charge in [-0.1, -0.05) is 0 Å². The van der Waals surface area contributed by atoms with E-state index in [2.05, 4.69) is 15.3 Å². The van der Waals surface area contributed by atoms with Crippen LogP contribution in [-0.2, 0) is 0 Å². The topological polar surface area (TPSA) is 84.3 Å². The first-order valence-corrected chi connectivity index (χ1v) is 5.86. The second-order valence-electron chi connectivity index (χ2n) is 3.78. The molecule has 0 atom stereocenters. The van der Waals surface area contributed by atoms with E-state index in [9.17, 15) is 9.18 Å². The molecule has 0 unspecified atom stereocenters. The van der Waals surface area contributed by atoms with Crippen LogP contribution in [0.5, 0.6) is 5.88 Å². The van der Waals surface area contributed by atoms with Crippen LogP contribution in [0.25, 0.3) is 0 Å². The third-order valence-electron chi connectivity index (χ3n) is 2.38. The largest absolute Gasteiger partial charge is 0.478 e. The average molecular weight is 277 g/mol. The van der Waals surface area contributed by atoms with Gasteiger partial charge in [0.25, 0.3) is 0 Å². The first-order valence-electron chi connectivity index (χ1n) is 5.86. The second-order valence-corrected chi connectivity index (χ2v) is 3.78. The molecule has 0 aliphatic heterocycles. The molecule has 6 nitrogen and oxygen atoms in total. The highest BCUT2D eigenvalue weighted by Gasteiger charge is 2.09. The Morgan fingerprint density at radius 3 is 2.90 bits per heavy atom. The summed E-state index contributed by atoms with van der Waals surface area (Å²) in [7, 11) is 0. The Kier molecular flexibility index (Phi) is 4.09. The molecule has 1 aromatic heterocycles. The van der Waals surface area contributed by atoms with Crippen LogP contribution in [0.15, 0.2) is 30.5 Å². The van der Waals surface area contributed by atoms with E-state index >= 15 is 0 Å². The fraction of sp³-hybridized carbons (Fsp3) is 0.154. The van der Waals surface area contributed by atoms with E-state index in [0.29, 0.717) is 12.5 Å². The van der Waals surface area contributed by atoms with Crippen molar-refractivity contribution in [2.24, 2.45) is 0 Å². The van der Waals surface area contributed by atoms with E-state index in [1.807, 2.05) is 6.92 Å². The van der Waals surface area contributed by atoms with Gasteiger partial charge in [0.15, 0.2) is 0 Å². The predicted octanol–water partition coefficient (Wildman–Crippen LogP) is 2.46. The highest BCUT2D eigenvalue weighted by atomic mass is 19.1. The minimum Gasteiger partial charge on any atom is -0.478 e. The molecule has 1 aromatic carbocycles. The van der Waals surface area contributed by atoms with Crippen molar-refractivity contribution in [1.29, 1.82) is 0 Å². The molecular formula is C13H12FN3O3. The number of carbonyl (C=O) groups is 1. The van der Waals surface area contributed by atoms with Crippen molar-refractivity contribution < 1.29 is 19.0 Å². The van der Waals surface area contributed by atoms with Gasteiger partial charge in [0.1, 0.15) is 5.82 Å². The number of hydrogen-bond acceptors (Lipinski definition) is 5. The van der Waals surface area contributed by atoms with Crippen LogP contribution in [0.2, 0.25) is 0 Å². The molecule has 0 radical (unpaired) electrons. The van der Waals surface area contributed by atoms with Gasteiger partial charge in [0, 0.05) is 12.3 Å². The van der Waals surface area contributed by atoms with Crippen LogP contribution in [0.1, 0.15) is 17.3 Å². The van der Waals surface area contributed by atoms with Crippen molar-refractivity contribution in [1.82, 2.24) is 9.97 Å². The van der Waals surface area contributed by atoms with Gasteiger partial charge in [0.05, 0.1) is 17.9 Å². The quantitative estimate of drug-likeness (QED) is 0.873. The van der Waals surface area contributed by atoms with Gasteiger partial charge in [-0.2, -0.15) is 4.98 Å². The number of halogens is 1. The first kappa shape index (κ1) is 13.7. The summed E-state index contributed by atoms with van der Waals surface area (Å²) in [5.74, 6) is -1.36. The van der Waals surface area contributed by atoms with E-state index in [0.717, 1.165) is 6.07 Å². The zero-order chi connectivity index (χ0) is 14.5. The number of carboxylic acids is 1. The molecule has 2 N–H and O–H groups in total. The molecule has 0 saturated heterocycles. The average Bonchev–Trinajstić information content (AvgIpc) is 2.42. The Labute approximate surface area is 114 Å². The van der Waals surface area contributed by atoms with Gasteiger partial charge in [-0.15, -0.1) is 0 Å². The summed E-state index contributed by atoms with van der Waals surface area (Å²) >= 11 is 0. The molecule has 0 spiro atoms. The Hall–Kier alpha value is -2.70. The maximum absolute atomic E-state index is 13.7. The lowest BCUT2D eigenvalue weighted by molar-refractivity contribution is 0.0696. The predicted molar refractivity (Wildman–Crippen MR) is 69.8 cm³/mol. The summed E-state index contributed by atoms with van der Waals surface area (Å²) in [5, 5.41) is 11.4. The Bertz CT molecular complexity index is 634. The maximum Gasteiger partial charge on any atom is 0.335 e. The van der Waals surface area contributed by atoms with Crippen LogP contribution >= 0.6 is 0 Å². The van der Waals surface area contributed by atoms with Crippen LogP contribution < -0.4 is 10.1 Å². The van der Waals surface area contributed by atoms with Crippen molar-refractivity contribution in [2.75, 3.05) is 11.9 Å². The molecule has 20 heavy (non-hydrogen) atoms.